The summed E-state index contributed by atoms with van der Waals surface area (Å²) in [6, 6.07) is 0. The molecular formula is C6H10F2O4. The average Bonchev–Trinajstić information content (AvgIpc) is 2.08. The predicted octanol–water partition coefficient (Wildman–Crippen LogP) is -1.27. The van der Waals surface area contributed by atoms with E-state index >= 15 is 0 Å². The molecule has 0 aliphatic carbocycles. The van der Waals surface area contributed by atoms with Crippen LogP contribution >= 0.6 is 0 Å². The molecule has 1 saturated heterocycles. The van der Waals surface area contributed by atoms with Gasteiger partial charge >= 0.3 is 0 Å². The van der Waals surface area contributed by atoms with Gasteiger partial charge in [-0.1, -0.05) is 0 Å². The fourth-order valence-electron chi connectivity index (χ4n) is 1.04. The number of alkyl halides is 2. The molecule has 0 saturated carbocycles. The van der Waals surface area contributed by atoms with Crippen LogP contribution in [0.2, 0.25) is 0 Å². The molecular weight excluding hydrogens is 174 g/mol. The molecule has 1 fully saturated rings. The highest BCUT2D eigenvalue weighted by atomic mass is 19.1. The summed E-state index contributed by atoms with van der Waals surface area (Å²) >= 11 is 0. The molecule has 0 bridgehead atoms. The molecule has 1 rings (SSSR count). The molecule has 1 aliphatic rings. The van der Waals surface area contributed by atoms with Crippen LogP contribution in [0, 0.1) is 0 Å². The van der Waals surface area contributed by atoms with Crippen molar-refractivity contribution in [2.75, 3.05) is 6.67 Å². The average molecular weight is 184 g/mol. The Morgan fingerprint density at radius 2 is 1.75 bits per heavy atom. The molecule has 1 heterocycles. The van der Waals surface area contributed by atoms with Gasteiger partial charge in [0.2, 0.25) is 0 Å². The minimum Gasteiger partial charge on any atom is -0.387 e. The first kappa shape index (κ1) is 9.79. The maximum absolute atomic E-state index is 12.6. The van der Waals surface area contributed by atoms with Gasteiger partial charge in [-0.05, 0) is 0 Å². The highest BCUT2D eigenvalue weighted by Crippen LogP contribution is 2.22. The molecule has 0 radical (unpaired) electrons. The number of rotatable bonds is 1. The van der Waals surface area contributed by atoms with Crippen molar-refractivity contribution >= 4 is 0 Å². The summed E-state index contributed by atoms with van der Waals surface area (Å²) in [5.74, 6) is 0. The third kappa shape index (κ3) is 1.56. The summed E-state index contributed by atoms with van der Waals surface area (Å²) in [7, 11) is 0. The molecule has 0 aromatic carbocycles. The van der Waals surface area contributed by atoms with Crippen LogP contribution < -0.4 is 0 Å². The van der Waals surface area contributed by atoms with Crippen LogP contribution in [0.15, 0.2) is 0 Å². The fraction of sp³-hybridized carbons (Fsp3) is 1.00. The Balaban J connectivity index is 2.63. The second kappa shape index (κ2) is 3.61. The minimum absolute atomic E-state index is 1.08. The fourth-order valence-corrected chi connectivity index (χ4v) is 1.04. The van der Waals surface area contributed by atoms with E-state index in [2.05, 4.69) is 4.74 Å². The maximum Gasteiger partial charge on any atom is 0.189 e. The number of hydrogen-bond acceptors (Lipinski definition) is 4. The van der Waals surface area contributed by atoms with Gasteiger partial charge in [0.1, 0.15) is 25.0 Å². The summed E-state index contributed by atoms with van der Waals surface area (Å²) in [4.78, 5) is 0. The largest absolute Gasteiger partial charge is 0.387 e. The van der Waals surface area contributed by atoms with E-state index in [0.717, 1.165) is 0 Å². The van der Waals surface area contributed by atoms with Gasteiger partial charge in [-0.2, -0.15) is 0 Å². The lowest BCUT2D eigenvalue weighted by Gasteiger charge is -2.35. The Bertz CT molecular complexity index is 152. The zero-order valence-electron chi connectivity index (χ0n) is 6.10. The summed E-state index contributed by atoms with van der Waals surface area (Å²) in [5.41, 5.74) is 0. The third-order valence-electron chi connectivity index (χ3n) is 1.80. The van der Waals surface area contributed by atoms with Crippen molar-refractivity contribution < 1.29 is 28.8 Å². The van der Waals surface area contributed by atoms with E-state index < -0.39 is 37.4 Å². The molecule has 4 nitrogen and oxygen atoms in total. The molecule has 6 heteroatoms. The van der Waals surface area contributed by atoms with Gasteiger partial charge in [-0.15, -0.1) is 0 Å². The van der Waals surface area contributed by atoms with Crippen LogP contribution in [0.1, 0.15) is 0 Å². The van der Waals surface area contributed by atoms with Crippen molar-refractivity contribution in [1.82, 2.24) is 0 Å². The molecule has 3 N–H and O–H groups in total. The van der Waals surface area contributed by atoms with Crippen molar-refractivity contribution in [3.8, 4) is 0 Å². The smallest absolute Gasteiger partial charge is 0.189 e. The van der Waals surface area contributed by atoms with Gasteiger partial charge in [0, 0.05) is 0 Å². The van der Waals surface area contributed by atoms with Gasteiger partial charge in [-0.25, -0.2) is 8.78 Å². The molecule has 5 atom stereocenters. The van der Waals surface area contributed by atoms with E-state index in [9.17, 15) is 8.78 Å². The highest BCUT2D eigenvalue weighted by Gasteiger charge is 2.44. The molecule has 0 amide bonds. The normalized spacial score (nSPS) is 49.2. The Hall–Kier alpha value is -0.300. The lowest BCUT2D eigenvalue weighted by molar-refractivity contribution is -0.267. The maximum atomic E-state index is 12.6. The molecule has 0 aromatic heterocycles. The minimum atomic E-state index is -2.09. The van der Waals surface area contributed by atoms with Crippen LogP contribution in [-0.4, -0.2) is 52.8 Å². The van der Waals surface area contributed by atoms with Crippen molar-refractivity contribution in [3.05, 3.63) is 0 Å². The number of ether oxygens (including phenoxy) is 1. The molecule has 72 valence electrons. The quantitative estimate of drug-likeness (QED) is 0.475. The summed E-state index contributed by atoms with van der Waals surface area (Å²) < 4.78 is 28.9. The van der Waals surface area contributed by atoms with Crippen LogP contribution in [0.5, 0.6) is 0 Å². The zero-order chi connectivity index (χ0) is 9.30. The monoisotopic (exact) mass is 184 g/mol. The Morgan fingerprint density at radius 3 is 2.25 bits per heavy atom. The van der Waals surface area contributed by atoms with Crippen molar-refractivity contribution in [3.63, 3.8) is 0 Å². The number of hydrogen-bond donors (Lipinski definition) is 3. The number of aliphatic hydroxyl groups is 3. The lowest BCUT2D eigenvalue weighted by atomic mass is 10.0. The predicted molar refractivity (Wildman–Crippen MR) is 33.8 cm³/mol. The summed E-state index contributed by atoms with van der Waals surface area (Å²) in [6.45, 7) is -1.08. The molecule has 5 unspecified atom stereocenters. The Labute approximate surface area is 67.4 Å². The molecule has 1 aliphatic heterocycles. The topological polar surface area (TPSA) is 69.9 Å². The van der Waals surface area contributed by atoms with Gasteiger partial charge in [0.15, 0.2) is 12.5 Å². The Morgan fingerprint density at radius 1 is 1.17 bits per heavy atom. The van der Waals surface area contributed by atoms with Crippen LogP contribution in [0.3, 0.4) is 0 Å². The van der Waals surface area contributed by atoms with Crippen molar-refractivity contribution in [1.29, 1.82) is 0 Å². The van der Waals surface area contributed by atoms with E-state index in [1.165, 1.54) is 0 Å². The first-order valence-electron chi connectivity index (χ1n) is 3.47. The van der Waals surface area contributed by atoms with Gasteiger partial charge < -0.3 is 20.1 Å². The van der Waals surface area contributed by atoms with Gasteiger partial charge in [0.05, 0.1) is 0 Å². The zero-order valence-corrected chi connectivity index (χ0v) is 6.10. The SMILES string of the molecule is OC1OC(CF)C(O)C(O)C1F. The highest BCUT2D eigenvalue weighted by molar-refractivity contribution is 4.88. The van der Waals surface area contributed by atoms with E-state index in [1.54, 1.807) is 0 Å². The molecule has 12 heavy (non-hydrogen) atoms. The van der Waals surface area contributed by atoms with E-state index in [0.29, 0.717) is 0 Å². The van der Waals surface area contributed by atoms with Crippen molar-refractivity contribution in [2.45, 2.75) is 30.8 Å². The molecule has 0 aromatic rings. The number of halogens is 2. The summed E-state index contributed by atoms with van der Waals surface area (Å²) in [5, 5.41) is 26.6. The Kier molecular flexibility index (Phi) is 2.94. The first-order valence-corrected chi connectivity index (χ1v) is 3.47. The van der Waals surface area contributed by atoms with E-state index in [-0.39, 0.29) is 0 Å². The van der Waals surface area contributed by atoms with Crippen LogP contribution in [0.25, 0.3) is 0 Å². The van der Waals surface area contributed by atoms with Gasteiger partial charge in [-0.3, -0.25) is 0 Å². The van der Waals surface area contributed by atoms with E-state index in [4.69, 9.17) is 15.3 Å². The third-order valence-corrected chi connectivity index (χ3v) is 1.80. The van der Waals surface area contributed by atoms with Crippen LogP contribution in [-0.2, 0) is 4.74 Å². The second-order valence-corrected chi connectivity index (χ2v) is 2.65. The summed E-state index contributed by atoms with van der Waals surface area (Å²) in [6.07, 6.45) is -8.75. The second-order valence-electron chi connectivity index (χ2n) is 2.65. The van der Waals surface area contributed by atoms with E-state index in [1.807, 2.05) is 0 Å². The van der Waals surface area contributed by atoms with Gasteiger partial charge in [0.25, 0.3) is 0 Å². The molecule has 0 spiro atoms. The van der Waals surface area contributed by atoms with Crippen molar-refractivity contribution in [2.24, 2.45) is 0 Å². The lowest BCUT2D eigenvalue weighted by Crippen LogP contribution is -2.56. The first-order chi connectivity index (χ1) is 5.57. The number of aliphatic hydroxyl groups excluding tert-OH is 3. The standard InChI is InChI=1S/C6H10F2O4/c7-1-2-4(9)5(10)3(8)6(11)12-2/h2-6,9-11H,1H2. The van der Waals surface area contributed by atoms with Crippen LogP contribution in [0.4, 0.5) is 8.78 Å².